The number of para-hydroxylation sites is 4. The predicted octanol–water partition coefficient (Wildman–Crippen LogP) is 11.8. The standard InChI is InChI=1S/C45H26N4O2/c1-2-12-27(13-3-1)43-46-44(48-45(47-43)35-19-10-17-32-31-16-6-9-22-38(31)51-42(32)35)34-18-11-23-39-41(34)33-25-24-28(26-40(33)50-39)49-36-20-7-4-14-29(36)30-15-5-8-21-37(30)49/h1-26H. The second kappa shape index (κ2) is 10.7. The van der Waals surface area contributed by atoms with Crippen LogP contribution in [0, 0.1) is 0 Å². The molecule has 0 spiro atoms. The average Bonchev–Trinajstić information content (AvgIpc) is 3.87. The summed E-state index contributed by atoms with van der Waals surface area (Å²) in [6, 6.07) is 53.8. The van der Waals surface area contributed by atoms with Gasteiger partial charge in [0.05, 0.1) is 16.6 Å². The van der Waals surface area contributed by atoms with Gasteiger partial charge in [-0.05, 0) is 42.5 Å². The first-order valence-electron chi connectivity index (χ1n) is 16.9. The summed E-state index contributed by atoms with van der Waals surface area (Å²) in [5.74, 6) is 1.69. The Balaban J connectivity index is 1.14. The van der Waals surface area contributed by atoms with Crippen LogP contribution in [0.5, 0.6) is 0 Å². The molecule has 0 aliphatic rings. The zero-order valence-electron chi connectivity index (χ0n) is 27.1. The van der Waals surface area contributed by atoms with Gasteiger partial charge in [-0.2, -0.15) is 0 Å². The summed E-state index contributed by atoms with van der Waals surface area (Å²) in [5, 5.41) is 6.47. The molecule has 0 atom stereocenters. The van der Waals surface area contributed by atoms with E-state index in [1.54, 1.807) is 0 Å². The van der Waals surface area contributed by atoms with Gasteiger partial charge in [-0.3, -0.25) is 0 Å². The molecule has 0 amide bonds. The number of benzene rings is 7. The Morgan fingerprint density at radius 1 is 0.392 bits per heavy atom. The maximum atomic E-state index is 6.60. The quantitative estimate of drug-likeness (QED) is 0.189. The van der Waals surface area contributed by atoms with Crippen LogP contribution in [0.3, 0.4) is 0 Å². The summed E-state index contributed by atoms with van der Waals surface area (Å²) in [6.07, 6.45) is 0. The second-order valence-electron chi connectivity index (χ2n) is 12.8. The highest BCUT2D eigenvalue weighted by Gasteiger charge is 2.21. The molecule has 4 heterocycles. The Morgan fingerprint density at radius 2 is 1.00 bits per heavy atom. The predicted molar refractivity (Wildman–Crippen MR) is 205 cm³/mol. The van der Waals surface area contributed by atoms with Crippen molar-refractivity contribution in [2.24, 2.45) is 0 Å². The Bertz CT molecular complexity index is 3100. The smallest absolute Gasteiger partial charge is 0.167 e. The monoisotopic (exact) mass is 654 g/mol. The Morgan fingerprint density at radius 3 is 1.80 bits per heavy atom. The van der Waals surface area contributed by atoms with Crippen molar-refractivity contribution in [2.45, 2.75) is 0 Å². The average molecular weight is 655 g/mol. The molecule has 0 aliphatic carbocycles. The molecule has 0 saturated carbocycles. The fourth-order valence-electron chi connectivity index (χ4n) is 7.60. The molecule has 0 radical (unpaired) electrons. The molecule has 6 heteroatoms. The highest BCUT2D eigenvalue weighted by Crippen LogP contribution is 2.40. The minimum absolute atomic E-state index is 0.543. The maximum absolute atomic E-state index is 6.60. The van der Waals surface area contributed by atoms with Gasteiger partial charge in [0, 0.05) is 55.2 Å². The highest BCUT2D eigenvalue weighted by molar-refractivity contribution is 6.14. The molecule has 7 aromatic carbocycles. The number of furan rings is 2. The van der Waals surface area contributed by atoms with E-state index in [-0.39, 0.29) is 0 Å². The fourth-order valence-corrected chi connectivity index (χ4v) is 7.60. The van der Waals surface area contributed by atoms with E-state index in [1.807, 2.05) is 72.8 Å². The molecule has 51 heavy (non-hydrogen) atoms. The van der Waals surface area contributed by atoms with E-state index in [9.17, 15) is 0 Å². The van der Waals surface area contributed by atoms with Crippen molar-refractivity contribution in [1.29, 1.82) is 0 Å². The lowest BCUT2D eigenvalue weighted by atomic mass is 10.0. The van der Waals surface area contributed by atoms with E-state index in [4.69, 9.17) is 23.8 Å². The molecule has 11 aromatic rings. The third kappa shape index (κ3) is 4.20. The molecule has 0 unspecified atom stereocenters. The van der Waals surface area contributed by atoms with E-state index in [0.717, 1.165) is 77.3 Å². The van der Waals surface area contributed by atoms with Gasteiger partial charge in [-0.1, -0.05) is 109 Å². The molecule has 0 saturated heterocycles. The second-order valence-corrected chi connectivity index (χ2v) is 12.8. The Kier molecular flexibility index (Phi) is 5.86. The van der Waals surface area contributed by atoms with Crippen LogP contribution in [-0.4, -0.2) is 19.5 Å². The topological polar surface area (TPSA) is 69.9 Å². The van der Waals surface area contributed by atoms with Gasteiger partial charge in [0.2, 0.25) is 0 Å². The van der Waals surface area contributed by atoms with Gasteiger partial charge in [0.25, 0.3) is 0 Å². The summed E-state index contributed by atoms with van der Waals surface area (Å²) in [7, 11) is 0. The van der Waals surface area contributed by atoms with Crippen LogP contribution >= 0.6 is 0 Å². The van der Waals surface area contributed by atoms with Gasteiger partial charge < -0.3 is 13.4 Å². The summed E-state index contributed by atoms with van der Waals surface area (Å²) < 4.78 is 15.3. The molecule has 0 aliphatic heterocycles. The molecule has 4 aromatic heterocycles. The lowest BCUT2D eigenvalue weighted by Gasteiger charge is -2.10. The van der Waals surface area contributed by atoms with Crippen molar-refractivity contribution >= 4 is 65.7 Å². The molecule has 238 valence electrons. The van der Waals surface area contributed by atoms with Gasteiger partial charge in [-0.15, -0.1) is 0 Å². The third-order valence-electron chi connectivity index (χ3n) is 9.87. The van der Waals surface area contributed by atoms with Crippen molar-refractivity contribution < 1.29 is 8.83 Å². The normalized spacial score (nSPS) is 11.9. The molecule has 6 nitrogen and oxygen atoms in total. The van der Waals surface area contributed by atoms with Gasteiger partial charge >= 0.3 is 0 Å². The number of hydrogen-bond donors (Lipinski definition) is 0. The number of rotatable bonds is 4. The molecule has 0 bridgehead atoms. The van der Waals surface area contributed by atoms with Gasteiger partial charge in [0.15, 0.2) is 17.5 Å². The van der Waals surface area contributed by atoms with Crippen LogP contribution in [0.1, 0.15) is 0 Å². The largest absolute Gasteiger partial charge is 0.456 e. The maximum Gasteiger partial charge on any atom is 0.167 e. The van der Waals surface area contributed by atoms with E-state index >= 15 is 0 Å². The van der Waals surface area contributed by atoms with Crippen LogP contribution in [0.15, 0.2) is 167 Å². The van der Waals surface area contributed by atoms with Crippen molar-refractivity contribution in [1.82, 2.24) is 19.5 Å². The van der Waals surface area contributed by atoms with Crippen molar-refractivity contribution in [3.63, 3.8) is 0 Å². The minimum atomic E-state index is 0.543. The Labute approximate surface area is 290 Å². The van der Waals surface area contributed by atoms with Crippen molar-refractivity contribution in [3.05, 3.63) is 158 Å². The van der Waals surface area contributed by atoms with Crippen LogP contribution in [0.2, 0.25) is 0 Å². The molecular weight excluding hydrogens is 629 g/mol. The summed E-state index contributed by atoms with van der Waals surface area (Å²) in [4.78, 5) is 15.3. The van der Waals surface area contributed by atoms with Crippen molar-refractivity contribution in [3.8, 4) is 39.9 Å². The number of aromatic nitrogens is 4. The molecule has 11 rings (SSSR count). The van der Waals surface area contributed by atoms with Crippen molar-refractivity contribution in [2.75, 3.05) is 0 Å². The summed E-state index contributed by atoms with van der Waals surface area (Å²) in [5.41, 5.74) is 9.06. The van der Waals surface area contributed by atoms with Gasteiger partial charge in [-0.25, -0.2) is 15.0 Å². The minimum Gasteiger partial charge on any atom is -0.456 e. The summed E-state index contributed by atoms with van der Waals surface area (Å²) in [6.45, 7) is 0. The van der Waals surface area contributed by atoms with E-state index in [1.165, 1.54) is 10.8 Å². The zero-order chi connectivity index (χ0) is 33.5. The zero-order valence-corrected chi connectivity index (χ0v) is 27.1. The van der Waals surface area contributed by atoms with E-state index in [0.29, 0.717) is 17.5 Å². The number of nitrogens with zero attached hydrogens (tertiary/aromatic N) is 4. The highest BCUT2D eigenvalue weighted by atomic mass is 16.3. The Hall–Kier alpha value is -7.05. The molecular formula is C45H26N4O2. The summed E-state index contributed by atoms with van der Waals surface area (Å²) >= 11 is 0. The lowest BCUT2D eigenvalue weighted by Crippen LogP contribution is -2.00. The van der Waals surface area contributed by atoms with Crippen LogP contribution < -0.4 is 0 Å². The van der Waals surface area contributed by atoms with Crippen LogP contribution in [0.25, 0.3) is 106 Å². The van der Waals surface area contributed by atoms with Crippen LogP contribution in [-0.2, 0) is 0 Å². The fraction of sp³-hybridized carbons (Fsp3) is 0. The molecule has 0 fully saturated rings. The van der Waals surface area contributed by atoms with E-state index < -0.39 is 0 Å². The van der Waals surface area contributed by atoms with Gasteiger partial charge in [0.1, 0.15) is 22.3 Å². The van der Waals surface area contributed by atoms with Crippen LogP contribution in [0.4, 0.5) is 0 Å². The SMILES string of the molecule is c1ccc(-c2nc(-c3cccc4c3oc3ccccc34)nc(-c3cccc4oc5cc(-n6c7ccccc7c7ccccc76)ccc5c34)n2)cc1. The lowest BCUT2D eigenvalue weighted by molar-refractivity contribution is 0.668. The first-order chi connectivity index (χ1) is 25.3. The first-order valence-corrected chi connectivity index (χ1v) is 16.9. The van der Waals surface area contributed by atoms with E-state index in [2.05, 4.69) is 89.5 Å². The third-order valence-corrected chi connectivity index (χ3v) is 9.87. The first kappa shape index (κ1) is 27.9. The number of hydrogen-bond acceptors (Lipinski definition) is 5. The number of fused-ring (bicyclic) bond motifs is 9. The molecule has 0 N–H and O–H groups in total.